The molecule has 2 rings (SSSR count). The van der Waals surface area contributed by atoms with Gasteiger partial charge in [0.2, 0.25) is 0 Å². The molecular formula is C15H14N2OS. The maximum Gasteiger partial charge on any atom is 0.146 e. The third-order valence-electron chi connectivity index (χ3n) is 2.87. The minimum atomic E-state index is 0.553. The topological polar surface area (TPSA) is 59.0 Å². The summed E-state index contributed by atoms with van der Waals surface area (Å²) >= 11 is 1.52. The van der Waals surface area contributed by atoms with Gasteiger partial charge in [0.25, 0.3) is 0 Å². The first-order valence-electron chi connectivity index (χ1n) is 5.77. The number of ether oxygens (including phenoxy) is 1. The summed E-state index contributed by atoms with van der Waals surface area (Å²) in [5.74, 6) is 1.23. The largest absolute Gasteiger partial charge is 0.456 e. The summed E-state index contributed by atoms with van der Waals surface area (Å²) in [5.41, 5.74) is 7.96. The Morgan fingerprint density at radius 3 is 2.53 bits per heavy atom. The summed E-state index contributed by atoms with van der Waals surface area (Å²) in [7, 11) is 0. The lowest BCUT2D eigenvalue weighted by molar-refractivity contribution is 0.476. The van der Waals surface area contributed by atoms with Gasteiger partial charge >= 0.3 is 0 Å². The van der Waals surface area contributed by atoms with Crippen LogP contribution in [-0.4, -0.2) is 6.26 Å². The second-order valence-corrected chi connectivity index (χ2v) is 4.87. The molecule has 0 spiro atoms. The first kappa shape index (κ1) is 13.3. The number of nitrogens with two attached hydrogens (primary N) is 1. The van der Waals surface area contributed by atoms with Crippen LogP contribution in [0.25, 0.3) is 0 Å². The number of nitrogens with zero attached hydrogens (tertiary/aromatic N) is 1. The molecule has 0 heterocycles. The molecule has 0 unspecified atom stereocenters. The van der Waals surface area contributed by atoms with Crippen molar-refractivity contribution in [2.45, 2.75) is 11.8 Å². The van der Waals surface area contributed by atoms with Crippen molar-refractivity contribution >= 4 is 17.4 Å². The third kappa shape index (κ3) is 2.67. The van der Waals surface area contributed by atoms with Crippen LogP contribution in [0.3, 0.4) is 0 Å². The molecule has 0 fully saturated rings. The van der Waals surface area contributed by atoms with E-state index in [4.69, 9.17) is 10.5 Å². The van der Waals surface area contributed by atoms with Crippen LogP contribution >= 0.6 is 11.8 Å². The highest BCUT2D eigenvalue weighted by molar-refractivity contribution is 7.98. The molecule has 0 aliphatic rings. The maximum atomic E-state index is 9.26. The maximum absolute atomic E-state index is 9.26. The Kier molecular flexibility index (Phi) is 3.98. The highest BCUT2D eigenvalue weighted by Crippen LogP contribution is 2.33. The number of benzene rings is 2. The Bertz CT molecular complexity index is 647. The second kappa shape index (κ2) is 5.68. The van der Waals surface area contributed by atoms with E-state index in [9.17, 15) is 5.26 Å². The molecule has 0 saturated heterocycles. The van der Waals surface area contributed by atoms with Gasteiger partial charge in [-0.25, -0.2) is 0 Å². The van der Waals surface area contributed by atoms with Gasteiger partial charge in [0.1, 0.15) is 23.1 Å². The van der Waals surface area contributed by atoms with Crippen LogP contribution in [0.5, 0.6) is 11.5 Å². The third-order valence-corrected chi connectivity index (χ3v) is 3.65. The monoisotopic (exact) mass is 270 g/mol. The number of rotatable bonds is 3. The average Bonchev–Trinajstić information content (AvgIpc) is 2.43. The number of anilines is 1. The molecule has 0 saturated carbocycles. The molecule has 0 amide bonds. The quantitative estimate of drug-likeness (QED) is 0.677. The standard InChI is InChI=1S/C15H14N2OS/c1-10-12(17)5-3-6-13(10)18-14-7-4-8-15(19-2)11(14)9-16/h3-8H,17H2,1-2H3. The number of hydrogen-bond donors (Lipinski definition) is 1. The summed E-state index contributed by atoms with van der Waals surface area (Å²) in [5, 5.41) is 9.26. The molecular weight excluding hydrogens is 256 g/mol. The van der Waals surface area contributed by atoms with E-state index in [1.165, 1.54) is 11.8 Å². The van der Waals surface area contributed by atoms with Crippen molar-refractivity contribution in [1.29, 1.82) is 5.26 Å². The molecule has 2 N–H and O–H groups in total. The lowest BCUT2D eigenvalue weighted by atomic mass is 10.1. The van der Waals surface area contributed by atoms with Gasteiger partial charge in [0.05, 0.1) is 0 Å². The number of thioether (sulfide) groups is 1. The van der Waals surface area contributed by atoms with Crippen LogP contribution in [-0.2, 0) is 0 Å². The second-order valence-electron chi connectivity index (χ2n) is 4.02. The fourth-order valence-electron chi connectivity index (χ4n) is 1.74. The van der Waals surface area contributed by atoms with Crippen LogP contribution in [0.4, 0.5) is 5.69 Å². The summed E-state index contributed by atoms with van der Waals surface area (Å²) < 4.78 is 5.84. The van der Waals surface area contributed by atoms with Crippen molar-refractivity contribution in [1.82, 2.24) is 0 Å². The molecule has 0 aliphatic carbocycles. The molecule has 19 heavy (non-hydrogen) atoms. The predicted octanol–water partition coefficient (Wildman–Crippen LogP) is 3.96. The van der Waals surface area contributed by atoms with Crippen molar-refractivity contribution < 1.29 is 4.74 Å². The smallest absolute Gasteiger partial charge is 0.146 e. The van der Waals surface area contributed by atoms with Gasteiger partial charge in [-0.2, -0.15) is 5.26 Å². The van der Waals surface area contributed by atoms with Crippen LogP contribution in [0.15, 0.2) is 41.3 Å². The fraction of sp³-hybridized carbons (Fsp3) is 0.133. The molecule has 0 aromatic heterocycles. The minimum absolute atomic E-state index is 0.553. The molecule has 0 atom stereocenters. The zero-order valence-corrected chi connectivity index (χ0v) is 11.6. The van der Waals surface area contributed by atoms with Gasteiger partial charge in [-0.3, -0.25) is 0 Å². The first-order chi connectivity index (χ1) is 9.17. The molecule has 4 heteroatoms. The first-order valence-corrected chi connectivity index (χ1v) is 7.00. The zero-order valence-electron chi connectivity index (χ0n) is 10.8. The van der Waals surface area contributed by atoms with Gasteiger partial charge in [0.15, 0.2) is 0 Å². The van der Waals surface area contributed by atoms with Crippen LogP contribution < -0.4 is 10.5 Å². The molecule has 3 nitrogen and oxygen atoms in total. The van der Waals surface area contributed by atoms with Crippen molar-refractivity contribution in [3.05, 3.63) is 47.5 Å². The van der Waals surface area contributed by atoms with E-state index in [-0.39, 0.29) is 0 Å². The van der Waals surface area contributed by atoms with Gasteiger partial charge in [-0.05, 0) is 37.4 Å². The Morgan fingerprint density at radius 2 is 1.84 bits per heavy atom. The summed E-state index contributed by atoms with van der Waals surface area (Å²) in [6.07, 6.45) is 1.94. The molecule has 0 radical (unpaired) electrons. The molecule has 0 aliphatic heterocycles. The Morgan fingerprint density at radius 1 is 1.16 bits per heavy atom. The van der Waals surface area contributed by atoms with Crippen molar-refractivity contribution in [3.8, 4) is 17.6 Å². The number of hydrogen-bond acceptors (Lipinski definition) is 4. The normalized spacial score (nSPS) is 9.95. The van der Waals surface area contributed by atoms with E-state index in [1.54, 1.807) is 6.07 Å². The van der Waals surface area contributed by atoms with Gasteiger partial charge in [-0.15, -0.1) is 11.8 Å². The number of nitriles is 1. The highest BCUT2D eigenvalue weighted by Gasteiger charge is 2.11. The highest BCUT2D eigenvalue weighted by atomic mass is 32.2. The Labute approximate surface area is 117 Å². The predicted molar refractivity (Wildman–Crippen MR) is 78.6 cm³/mol. The van der Waals surface area contributed by atoms with E-state index in [0.29, 0.717) is 22.7 Å². The van der Waals surface area contributed by atoms with Crippen molar-refractivity contribution in [3.63, 3.8) is 0 Å². The van der Waals surface area contributed by atoms with Crippen LogP contribution in [0.2, 0.25) is 0 Å². The average molecular weight is 270 g/mol. The zero-order chi connectivity index (χ0) is 13.8. The summed E-state index contributed by atoms with van der Waals surface area (Å²) in [6, 6.07) is 13.3. The van der Waals surface area contributed by atoms with Gasteiger partial charge < -0.3 is 10.5 Å². The van der Waals surface area contributed by atoms with Crippen LogP contribution in [0.1, 0.15) is 11.1 Å². The summed E-state index contributed by atoms with van der Waals surface area (Å²) in [4.78, 5) is 0.904. The van der Waals surface area contributed by atoms with Crippen LogP contribution in [0, 0.1) is 18.3 Å². The van der Waals surface area contributed by atoms with Gasteiger partial charge in [0, 0.05) is 16.1 Å². The SMILES string of the molecule is CSc1cccc(Oc2cccc(N)c2C)c1C#N. The number of nitrogen functional groups attached to an aromatic ring is 1. The molecule has 2 aromatic carbocycles. The lowest BCUT2D eigenvalue weighted by Gasteiger charge is -2.12. The fourth-order valence-corrected chi connectivity index (χ4v) is 2.30. The van der Waals surface area contributed by atoms with Crippen molar-refractivity contribution in [2.24, 2.45) is 0 Å². The Hall–Kier alpha value is -2.12. The Balaban J connectivity index is 2.44. The van der Waals surface area contributed by atoms with E-state index in [0.717, 1.165) is 10.5 Å². The molecule has 96 valence electrons. The van der Waals surface area contributed by atoms with E-state index >= 15 is 0 Å². The summed E-state index contributed by atoms with van der Waals surface area (Å²) in [6.45, 7) is 1.90. The van der Waals surface area contributed by atoms with Crippen molar-refractivity contribution in [2.75, 3.05) is 12.0 Å². The molecule has 0 bridgehead atoms. The lowest BCUT2D eigenvalue weighted by Crippen LogP contribution is -1.95. The van der Waals surface area contributed by atoms with Gasteiger partial charge in [-0.1, -0.05) is 12.1 Å². The minimum Gasteiger partial charge on any atom is -0.456 e. The van der Waals surface area contributed by atoms with E-state index < -0.39 is 0 Å². The van der Waals surface area contributed by atoms with E-state index in [2.05, 4.69) is 6.07 Å². The van der Waals surface area contributed by atoms with E-state index in [1.807, 2.05) is 43.5 Å². The molecule has 2 aromatic rings.